The van der Waals surface area contributed by atoms with E-state index in [0.29, 0.717) is 41.2 Å². The van der Waals surface area contributed by atoms with Crippen LogP contribution < -0.4 is 0 Å². The van der Waals surface area contributed by atoms with Crippen molar-refractivity contribution in [1.29, 1.82) is 0 Å². The van der Waals surface area contributed by atoms with E-state index in [2.05, 4.69) is 70.2 Å². The zero-order valence-electron chi connectivity index (χ0n) is 28.6. The summed E-state index contributed by atoms with van der Waals surface area (Å²) in [6, 6.07) is 7.91. The third-order valence-electron chi connectivity index (χ3n) is 7.42. The molecule has 0 aromatic carbocycles. The largest absolute Gasteiger partial charge is 0.462 e. The van der Waals surface area contributed by atoms with E-state index in [-0.39, 0.29) is 0 Å². The second kappa shape index (κ2) is 16.9. The lowest BCUT2D eigenvalue weighted by molar-refractivity contribution is 0.0526. The molecule has 0 bridgehead atoms. The van der Waals surface area contributed by atoms with Gasteiger partial charge in [-0.15, -0.1) is 0 Å². The first-order valence-corrected chi connectivity index (χ1v) is 24.8. The van der Waals surface area contributed by atoms with Crippen molar-refractivity contribution in [3.05, 3.63) is 75.5 Å². The van der Waals surface area contributed by atoms with Crippen LogP contribution in [0.15, 0.2) is 59.9 Å². The standard InChI is InChI=1S/C21H26ClN3O3Si.C13H18BrClN2OSi/c1-5-28-21(26)16-10-15(11-23-12-16)18-13-24-20-17(19(18)22)6-7-25(20)14-27-8-9-29(2,3)4;1-19(2,3)7-6-18-9-17-5-4-10-12(15)11(14)8-16-13(10)17/h6-7,10-13H,5,8-9,14H2,1-4H3;4-5,8H,6-7,9H2,1-3H3. The van der Waals surface area contributed by atoms with E-state index >= 15 is 0 Å². The van der Waals surface area contributed by atoms with Crippen LogP contribution >= 0.6 is 39.1 Å². The van der Waals surface area contributed by atoms with E-state index < -0.39 is 22.1 Å². The summed E-state index contributed by atoms with van der Waals surface area (Å²) in [5, 5.41) is 3.05. The maximum Gasteiger partial charge on any atom is 0.339 e. The molecule has 0 aliphatic rings. The number of rotatable bonds is 13. The van der Waals surface area contributed by atoms with Gasteiger partial charge in [0.15, 0.2) is 0 Å². The molecule has 0 spiro atoms. The molecular formula is C34H44BrCl2N5O4Si2. The van der Waals surface area contributed by atoms with Crippen LogP contribution in [0.1, 0.15) is 17.3 Å². The number of hydrogen-bond donors (Lipinski definition) is 0. The molecule has 9 nitrogen and oxygen atoms in total. The maximum atomic E-state index is 12.0. The first kappa shape index (κ1) is 38.2. The van der Waals surface area contributed by atoms with Crippen LogP contribution in [0.25, 0.3) is 33.2 Å². The van der Waals surface area contributed by atoms with E-state index in [0.717, 1.165) is 51.4 Å². The smallest absolute Gasteiger partial charge is 0.339 e. The molecule has 0 N–H and O–H groups in total. The van der Waals surface area contributed by atoms with Gasteiger partial charge in [0.1, 0.15) is 24.8 Å². The molecule has 0 saturated heterocycles. The molecule has 0 aliphatic heterocycles. The number of esters is 1. The van der Waals surface area contributed by atoms with Gasteiger partial charge in [0, 0.05) is 88.4 Å². The van der Waals surface area contributed by atoms with Crippen LogP contribution in [0.3, 0.4) is 0 Å². The minimum absolute atomic E-state index is 0.310. The molecule has 0 saturated carbocycles. The minimum atomic E-state index is -1.11. The molecule has 5 heterocycles. The Bertz CT molecular complexity index is 1850. The maximum absolute atomic E-state index is 12.0. The Morgan fingerprint density at radius 2 is 1.35 bits per heavy atom. The van der Waals surface area contributed by atoms with Crippen LogP contribution in [0, 0.1) is 0 Å². The average Bonchev–Trinajstić information content (AvgIpc) is 3.64. The van der Waals surface area contributed by atoms with Crippen molar-refractivity contribution in [3.63, 3.8) is 0 Å². The fraction of sp³-hybridized carbons (Fsp3) is 0.412. The van der Waals surface area contributed by atoms with Crippen LogP contribution in [0.2, 0.25) is 61.4 Å². The van der Waals surface area contributed by atoms with Gasteiger partial charge in [0.2, 0.25) is 0 Å². The summed E-state index contributed by atoms with van der Waals surface area (Å²) in [6.45, 7) is 18.6. The van der Waals surface area contributed by atoms with Crippen molar-refractivity contribution < 1.29 is 19.0 Å². The topological polar surface area (TPSA) is 93.3 Å². The van der Waals surface area contributed by atoms with Gasteiger partial charge in [-0.05, 0) is 53.1 Å². The lowest BCUT2D eigenvalue weighted by Crippen LogP contribution is -2.22. The normalized spacial score (nSPS) is 12.0. The van der Waals surface area contributed by atoms with Gasteiger partial charge in [-0.1, -0.05) is 62.5 Å². The number of carbonyl (C=O) groups is 1. The van der Waals surface area contributed by atoms with Crippen molar-refractivity contribution >= 4 is 83.3 Å². The molecule has 0 radical (unpaired) electrons. The Balaban J connectivity index is 0.000000237. The average molecular weight is 794 g/mol. The van der Waals surface area contributed by atoms with E-state index in [1.54, 1.807) is 31.6 Å². The van der Waals surface area contributed by atoms with Gasteiger partial charge in [-0.25, -0.2) is 14.8 Å². The molecule has 14 heteroatoms. The number of pyridine rings is 3. The van der Waals surface area contributed by atoms with Crippen LogP contribution in [-0.4, -0.2) is 66.0 Å². The fourth-order valence-electron chi connectivity index (χ4n) is 4.59. The summed E-state index contributed by atoms with van der Waals surface area (Å²) >= 11 is 16.3. The highest BCUT2D eigenvalue weighted by Crippen LogP contribution is 2.34. The molecule has 0 atom stereocenters. The first-order chi connectivity index (χ1) is 22.7. The summed E-state index contributed by atoms with van der Waals surface area (Å²) in [5.41, 5.74) is 3.45. The summed E-state index contributed by atoms with van der Waals surface area (Å²) in [5.74, 6) is -0.409. The number of carbonyl (C=O) groups excluding carboxylic acids is 1. The van der Waals surface area contributed by atoms with Crippen molar-refractivity contribution in [3.8, 4) is 11.1 Å². The molecule has 5 aromatic rings. The third-order valence-corrected chi connectivity index (χ3v) is 12.5. The zero-order valence-corrected chi connectivity index (χ0v) is 33.7. The van der Waals surface area contributed by atoms with Gasteiger partial charge in [0.25, 0.3) is 0 Å². The molecule has 0 aliphatic carbocycles. The lowest BCUT2D eigenvalue weighted by Gasteiger charge is -2.15. The highest BCUT2D eigenvalue weighted by molar-refractivity contribution is 9.10. The SMILES string of the molecule is CCOC(=O)c1cncc(-c2cnc3c(ccn3COCC[Si](C)(C)C)c2Cl)c1.C[Si](C)(C)CCOCn1ccc2c(Cl)c(Br)cnc21. The Labute approximate surface area is 303 Å². The molecule has 5 rings (SSSR count). The molecule has 48 heavy (non-hydrogen) atoms. The van der Waals surface area contributed by atoms with Gasteiger partial charge >= 0.3 is 5.97 Å². The van der Waals surface area contributed by atoms with Crippen molar-refractivity contribution in [1.82, 2.24) is 24.1 Å². The number of halogens is 3. The highest BCUT2D eigenvalue weighted by Gasteiger charge is 2.16. The molecule has 5 aromatic heterocycles. The van der Waals surface area contributed by atoms with Crippen LogP contribution in [0.4, 0.5) is 0 Å². The Morgan fingerprint density at radius 1 is 0.812 bits per heavy atom. The van der Waals surface area contributed by atoms with Gasteiger partial charge in [-0.2, -0.15) is 0 Å². The van der Waals surface area contributed by atoms with Crippen molar-refractivity contribution in [2.24, 2.45) is 0 Å². The summed E-state index contributed by atoms with van der Waals surface area (Å²) in [6.07, 6.45) is 10.5. The highest BCUT2D eigenvalue weighted by atomic mass is 79.9. The van der Waals surface area contributed by atoms with Crippen LogP contribution in [-0.2, 0) is 27.7 Å². The second-order valence-corrected chi connectivity index (χ2v) is 26.7. The van der Waals surface area contributed by atoms with Gasteiger partial charge in [-0.3, -0.25) is 4.98 Å². The molecular weight excluding hydrogens is 749 g/mol. The molecule has 0 amide bonds. The van der Waals surface area contributed by atoms with E-state index in [1.807, 2.05) is 33.7 Å². The van der Waals surface area contributed by atoms with Crippen molar-refractivity contribution in [2.75, 3.05) is 19.8 Å². The van der Waals surface area contributed by atoms with Crippen LogP contribution in [0.5, 0.6) is 0 Å². The summed E-state index contributed by atoms with van der Waals surface area (Å²) in [4.78, 5) is 25.1. The molecule has 0 fully saturated rings. The number of ether oxygens (including phenoxy) is 3. The van der Waals surface area contributed by atoms with Gasteiger partial charge < -0.3 is 23.3 Å². The van der Waals surface area contributed by atoms with Gasteiger partial charge in [0.05, 0.1) is 26.7 Å². The predicted molar refractivity (Wildman–Crippen MR) is 205 cm³/mol. The number of aromatic nitrogens is 5. The second-order valence-electron chi connectivity index (χ2n) is 13.8. The third kappa shape index (κ3) is 10.5. The zero-order chi connectivity index (χ0) is 35.1. The first-order valence-electron chi connectivity index (χ1n) is 15.9. The number of fused-ring (bicyclic) bond motifs is 2. The van der Waals surface area contributed by atoms with Crippen molar-refractivity contribution in [2.45, 2.75) is 71.8 Å². The van der Waals surface area contributed by atoms with E-state index in [9.17, 15) is 4.79 Å². The quantitative estimate of drug-likeness (QED) is 0.0666. The predicted octanol–water partition coefficient (Wildman–Crippen LogP) is 10.0. The molecule has 0 unspecified atom stereocenters. The lowest BCUT2D eigenvalue weighted by atomic mass is 10.1. The molecule has 258 valence electrons. The summed E-state index contributed by atoms with van der Waals surface area (Å²) < 4.78 is 21.4. The number of nitrogens with zero attached hydrogens (tertiary/aromatic N) is 5. The Kier molecular flexibility index (Phi) is 13.4. The summed E-state index contributed by atoms with van der Waals surface area (Å²) in [7, 11) is -2.14. The monoisotopic (exact) mass is 791 g/mol. The fourth-order valence-corrected chi connectivity index (χ4v) is 6.93. The minimum Gasteiger partial charge on any atom is -0.462 e. The van der Waals surface area contributed by atoms with E-state index in [4.69, 9.17) is 37.4 Å². The number of hydrogen-bond acceptors (Lipinski definition) is 7. The Morgan fingerprint density at radius 3 is 1.90 bits per heavy atom. The van der Waals surface area contributed by atoms with E-state index in [1.165, 1.54) is 12.2 Å². The Hall–Kier alpha value is -2.59.